The molecule has 1 unspecified atom stereocenters. The van der Waals surface area contributed by atoms with Crippen molar-refractivity contribution >= 4 is 23.8 Å². The van der Waals surface area contributed by atoms with E-state index in [0.29, 0.717) is 64.5 Å². The summed E-state index contributed by atoms with van der Waals surface area (Å²) in [5.74, 6) is -0.807. The second-order valence-electron chi connectivity index (χ2n) is 7.04. The van der Waals surface area contributed by atoms with E-state index in [1.54, 1.807) is 17.1 Å². The van der Waals surface area contributed by atoms with Gasteiger partial charge in [-0.05, 0) is 50.7 Å². The molecule has 0 aromatic rings. The van der Waals surface area contributed by atoms with Gasteiger partial charge in [0, 0.05) is 32.4 Å². The first-order chi connectivity index (χ1) is 13.6. The molecule has 2 rings (SSSR count). The molecule has 1 atom stereocenters. The van der Waals surface area contributed by atoms with Gasteiger partial charge in [-0.25, -0.2) is 4.79 Å². The predicted octanol–water partition coefficient (Wildman–Crippen LogP) is 1.48. The Balaban J connectivity index is 1.88. The number of cyclic esters (lactones) is 2. The monoisotopic (exact) mass is 394 g/mol. The molecule has 0 spiro atoms. The molecule has 0 aromatic heterocycles. The average Bonchev–Trinajstić information content (AvgIpc) is 3.16. The molecule has 0 bridgehead atoms. The molecule has 0 aliphatic carbocycles. The summed E-state index contributed by atoms with van der Waals surface area (Å²) in [5.41, 5.74) is 0. The van der Waals surface area contributed by atoms with Crippen molar-refractivity contribution in [3.63, 3.8) is 0 Å². The number of carbonyl (C=O) groups is 4. The van der Waals surface area contributed by atoms with Crippen LogP contribution < -0.4 is 5.32 Å². The van der Waals surface area contributed by atoms with E-state index in [9.17, 15) is 19.2 Å². The molecule has 8 heteroatoms. The maximum atomic E-state index is 12.4. The summed E-state index contributed by atoms with van der Waals surface area (Å²) >= 11 is 0. The molecule has 156 valence electrons. The van der Waals surface area contributed by atoms with Crippen LogP contribution in [0.1, 0.15) is 57.8 Å². The average molecular weight is 394 g/mol. The van der Waals surface area contributed by atoms with E-state index < -0.39 is 12.0 Å². The number of amides is 2. The van der Waals surface area contributed by atoms with E-state index in [1.807, 2.05) is 0 Å². The third kappa shape index (κ3) is 7.70. The normalized spacial score (nSPS) is 24.6. The fraction of sp³-hybridized carbons (Fsp3) is 0.700. The van der Waals surface area contributed by atoms with E-state index in [4.69, 9.17) is 9.47 Å². The van der Waals surface area contributed by atoms with Crippen molar-refractivity contribution in [2.45, 2.75) is 63.8 Å². The van der Waals surface area contributed by atoms with Gasteiger partial charge in [0.05, 0.1) is 0 Å². The molecule has 2 aliphatic rings. The molecule has 1 fully saturated rings. The molecule has 1 saturated heterocycles. The zero-order valence-electron chi connectivity index (χ0n) is 16.3. The van der Waals surface area contributed by atoms with Crippen LogP contribution in [0.5, 0.6) is 0 Å². The third-order valence-electron chi connectivity index (χ3n) is 4.85. The van der Waals surface area contributed by atoms with Crippen LogP contribution in [0.2, 0.25) is 0 Å². The van der Waals surface area contributed by atoms with Crippen LogP contribution in [0.25, 0.3) is 0 Å². The lowest BCUT2D eigenvalue weighted by Gasteiger charge is -2.23. The Morgan fingerprint density at radius 2 is 1.57 bits per heavy atom. The maximum Gasteiger partial charge on any atom is 0.329 e. The van der Waals surface area contributed by atoms with E-state index in [1.165, 1.54) is 0 Å². The van der Waals surface area contributed by atoms with Crippen molar-refractivity contribution in [3.05, 3.63) is 12.2 Å². The van der Waals surface area contributed by atoms with Crippen LogP contribution in [0.3, 0.4) is 0 Å². The van der Waals surface area contributed by atoms with Gasteiger partial charge in [-0.1, -0.05) is 0 Å². The van der Waals surface area contributed by atoms with Crippen molar-refractivity contribution in [2.75, 3.05) is 26.3 Å². The fourth-order valence-corrected chi connectivity index (χ4v) is 3.30. The van der Waals surface area contributed by atoms with E-state index in [2.05, 4.69) is 5.32 Å². The van der Waals surface area contributed by atoms with E-state index >= 15 is 0 Å². The van der Waals surface area contributed by atoms with Crippen molar-refractivity contribution in [3.8, 4) is 0 Å². The first-order valence-corrected chi connectivity index (χ1v) is 10.1. The highest BCUT2D eigenvalue weighted by atomic mass is 16.5. The fourth-order valence-electron chi connectivity index (χ4n) is 3.30. The van der Waals surface area contributed by atoms with Gasteiger partial charge in [0.1, 0.15) is 19.3 Å². The topological polar surface area (TPSA) is 102 Å². The minimum atomic E-state index is -0.531. The Hall–Kier alpha value is -2.38. The zero-order valence-corrected chi connectivity index (χ0v) is 16.3. The summed E-state index contributed by atoms with van der Waals surface area (Å²) in [6.07, 6.45) is 8.23. The van der Waals surface area contributed by atoms with Gasteiger partial charge in [-0.2, -0.15) is 0 Å². The van der Waals surface area contributed by atoms with Gasteiger partial charge < -0.3 is 19.7 Å². The number of fused-ring (bicyclic) bond motifs is 1. The van der Waals surface area contributed by atoms with Crippen LogP contribution in [0, 0.1) is 0 Å². The summed E-state index contributed by atoms with van der Waals surface area (Å²) in [7, 11) is 0. The standard InChI is InChI=1S/C20H30N2O6/c23-17-9-1-2-10-18(24)22-13-7-8-16(22)20(26)28-15-6-5-14-27-19(25)11-3-4-12-21-17/h5-6,16H,1-4,7-15H2,(H,21,23). The maximum absolute atomic E-state index is 12.4. The molecule has 28 heavy (non-hydrogen) atoms. The zero-order chi connectivity index (χ0) is 20.2. The molecule has 2 heterocycles. The Bertz CT molecular complexity index is 589. The first-order valence-electron chi connectivity index (χ1n) is 10.1. The Morgan fingerprint density at radius 1 is 0.857 bits per heavy atom. The summed E-state index contributed by atoms with van der Waals surface area (Å²) in [6, 6.07) is -0.531. The number of nitrogens with one attached hydrogen (secondary N) is 1. The number of nitrogens with zero attached hydrogens (tertiary/aromatic N) is 1. The molecule has 8 nitrogen and oxygen atoms in total. The number of ether oxygens (including phenoxy) is 2. The molecule has 2 aliphatic heterocycles. The Labute approximate surface area is 165 Å². The van der Waals surface area contributed by atoms with E-state index in [-0.39, 0.29) is 31.0 Å². The smallest absolute Gasteiger partial charge is 0.329 e. The van der Waals surface area contributed by atoms with Crippen molar-refractivity contribution in [1.29, 1.82) is 0 Å². The number of hydrogen-bond donors (Lipinski definition) is 1. The van der Waals surface area contributed by atoms with Crippen molar-refractivity contribution in [2.24, 2.45) is 0 Å². The number of carbonyl (C=O) groups excluding carboxylic acids is 4. The lowest BCUT2D eigenvalue weighted by molar-refractivity contribution is -0.152. The van der Waals surface area contributed by atoms with Crippen LogP contribution in [-0.4, -0.2) is 61.0 Å². The predicted molar refractivity (Wildman–Crippen MR) is 101 cm³/mol. The minimum Gasteiger partial charge on any atom is -0.461 e. The third-order valence-corrected chi connectivity index (χ3v) is 4.85. The summed E-state index contributed by atoms with van der Waals surface area (Å²) < 4.78 is 10.3. The largest absolute Gasteiger partial charge is 0.461 e. The van der Waals surface area contributed by atoms with Gasteiger partial charge in [0.15, 0.2) is 0 Å². The molecule has 0 saturated carbocycles. The number of hydrogen-bond acceptors (Lipinski definition) is 6. The molecular weight excluding hydrogens is 364 g/mol. The SMILES string of the molecule is O=C1CCCCC(=O)N2CCCC2C(=O)OCC=CCOC(=O)CCCCN1. The number of esters is 2. The number of rotatable bonds is 0. The highest BCUT2D eigenvalue weighted by Gasteiger charge is 2.34. The van der Waals surface area contributed by atoms with Gasteiger partial charge in [0.2, 0.25) is 11.8 Å². The highest BCUT2D eigenvalue weighted by molar-refractivity contribution is 5.85. The van der Waals surface area contributed by atoms with Gasteiger partial charge in [-0.15, -0.1) is 0 Å². The summed E-state index contributed by atoms with van der Waals surface area (Å²) in [4.78, 5) is 49.7. The van der Waals surface area contributed by atoms with E-state index in [0.717, 1.165) is 6.42 Å². The summed E-state index contributed by atoms with van der Waals surface area (Å²) in [6.45, 7) is 1.30. The van der Waals surface area contributed by atoms with Gasteiger partial charge in [-0.3, -0.25) is 14.4 Å². The van der Waals surface area contributed by atoms with Crippen LogP contribution >= 0.6 is 0 Å². The quantitative estimate of drug-likeness (QED) is 0.493. The summed E-state index contributed by atoms with van der Waals surface area (Å²) in [5, 5.41) is 2.82. The molecule has 1 N–H and O–H groups in total. The lowest BCUT2D eigenvalue weighted by Crippen LogP contribution is -2.41. The van der Waals surface area contributed by atoms with Gasteiger partial charge in [0.25, 0.3) is 0 Å². The van der Waals surface area contributed by atoms with Gasteiger partial charge >= 0.3 is 11.9 Å². The second kappa shape index (κ2) is 12.2. The first kappa shape index (κ1) is 21.9. The van der Waals surface area contributed by atoms with Crippen molar-refractivity contribution < 1.29 is 28.7 Å². The minimum absolute atomic E-state index is 0.0475. The molecule has 0 aromatic carbocycles. The second-order valence-corrected chi connectivity index (χ2v) is 7.04. The molecule has 0 radical (unpaired) electrons. The van der Waals surface area contributed by atoms with Crippen molar-refractivity contribution in [1.82, 2.24) is 10.2 Å². The molecular formula is C20H30N2O6. The Kier molecular flexibility index (Phi) is 9.51. The highest BCUT2D eigenvalue weighted by Crippen LogP contribution is 2.20. The lowest BCUT2D eigenvalue weighted by atomic mass is 10.1. The van der Waals surface area contributed by atoms with Crippen LogP contribution in [0.15, 0.2) is 12.2 Å². The molecule has 2 amide bonds. The Morgan fingerprint density at radius 3 is 2.39 bits per heavy atom. The van der Waals surface area contributed by atoms with Crippen LogP contribution in [0.4, 0.5) is 0 Å². The van der Waals surface area contributed by atoms with Crippen LogP contribution in [-0.2, 0) is 28.7 Å².